The molecule has 0 atom stereocenters. The Hall–Kier alpha value is -2.62. The Morgan fingerprint density at radius 3 is 2.52 bits per heavy atom. The molecule has 0 aliphatic heterocycles. The van der Waals surface area contributed by atoms with E-state index in [1.54, 1.807) is 0 Å². The summed E-state index contributed by atoms with van der Waals surface area (Å²) in [4.78, 5) is 0. The molecule has 0 radical (unpaired) electrons. The first-order valence-corrected chi connectivity index (χ1v) is 8.12. The maximum absolute atomic E-state index is 2.35. The van der Waals surface area contributed by atoms with Gasteiger partial charge in [-0.15, -0.1) is 4.68 Å². The molecule has 116 valence electrons. The lowest BCUT2D eigenvalue weighted by molar-refractivity contribution is -0.771. The van der Waals surface area contributed by atoms with Crippen LogP contribution in [0.15, 0.2) is 61.1 Å². The van der Waals surface area contributed by atoms with Crippen molar-refractivity contribution in [3.63, 3.8) is 0 Å². The molecule has 4 rings (SSSR count). The molecule has 0 unspecified atom stereocenters. The van der Waals surface area contributed by atoms with E-state index >= 15 is 0 Å². The summed E-state index contributed by atoms with van der Waals surface area (Å²) < 4.78 is 9.08. The summed E-state index contributed by atoms with van der Waals surface area (Å²) >= 11 is 0. The highest BCUT2D eigenvalue weighted by atomic mass is 15.4. The standard InChI is InChI=1S/C19H22N4/c1-20-15-22(19-11-6-5-10-18(19)20)12-7-13-23-14-16-8-3-4-9-17(16)21(23)2/h3-6,8-11,14-15H,7,12-13H2,1-2H3/q+2. The Morgan fingerprint density at radius 1 is 0.957 bits per heavy atom. The minimum Gasteiger partial charge on any atom is -0.233 e. The summed E-state index contributed by atoms with van der Waals surface area (Å²) in [6.07, 6.45) is 5.54. The minimum atomic E-state index is 1.02. The van der Waals surface area contributed by atoms with Gasteiger partial charge in [0, 0.05) is 6.42 Å². The van der Waals surface area contributed by atoms with Crippen molar-refractivity contribution in [3.05, 3.63) is 61.1 Å². The summed E-state index contributed by atoms with van der Waals surface area (Å²) in [7, 11) is 4.24. The summed E-state index contributed by atoms with van der Waals surface area (Å²) in [5, 5.41) is 1.30. The summed E-state index contributed by atoms with van der Waals surface area (Å²) in [5.74, 6) is 0. The molecule has 0 saturated carbocycles. The highest BCUT2D eigenvalue weighted by Gasteiger charge is 2.15. The number of imidazole rings is 1. The number of aryl methyl sites for hydroxylation is 4. The molecule has 0 aliphatic carbocycles. The van der Waals surface area contributed by atoms with Crippen LogP contribution in [0.25, 0.3) is 21.9 Å². The van der Waals surface area contributed by atoms with Crippen LogP contribution in [0.3, 0.4) is 0 Å². The topological polar surface area (TPSA) is 17.6 Å². The van der Waals surface area contributed by atoms with Gasteiger partial charge in [-0.1, -0.05) is 24.3 Å². The first kappa shape index (κ1) is 14.0. The van der Waals surface area contributed by atoms with E-state index in [0.29, 0.717) is 0 Å². The van der Waals surface area contributed by atoms with Gasteiger partial charge in [-0.05, 0) is 24.3 Å². The van der Waals surface area contributed by atoms with Crippen LogP contribution >= 0.6 is 0 Å². The fraction of sp³-hybridized carbons (Fsp3) is 0.263. The van der Waals surface area contributed by atoms with Gasteiger partial charge in [0.25, 0.3) is 0 Å². The van der Waals surface area contributed by atoms with E-state index in [0.717, 1.165) is 19.5 Å². The van der Waals surface area contributed by atoms with E-state index in [4.69, 9.17) is 0 Å². The first-order chi connectivity index (χ1) is 11.2. The van der Waals surface area contributed by atoms with Gasteiger partial charge in [0.05, 0.1) is 26.0 Å². The Kier molecular flexibility index (Phi) is 3.37. The van der Waals surface area contributed by atoms with Crippen molar-refractivity contribution in [2.75, 3.05) is 0 Å². The molecule has 4 nitrogen and oxygen atoms in total. The van der Waals surface area contributed by atoms with Crippen LogP contribution in [0, 0.1) is 0 Å². The zero-order valence-electron chi connectivity index (χ0n) is 13.7. The first-order valence-electron chi connectivity index (χ1n) is 8.12. The van der Waals surface area contributed by atoms with Gasteiger partial charge in [-0.25, -0.2) is 9.13 Å². The van der Waals surface area contributed by atoms with Crippen LogP contribution in [0.2, 0.25) is 0 Å². The molecule has 0 N–H and O–H groups in total. The Morgan fingerprint density at radius 2 is 1.70 bits per heavy atom. The van der Waals surface area contributed by atoms with Crippen LogP contribution in [-0.4, -0.2) is 9.25 Å². The van der Waals surface area contributed by atoms with Crippen LogP contribution in [0.5, 0.6) is 0 Å². The quantitative estimate of drug-likeness (QED) is 0.515. The average Bonchev–Trinajstić information content (AvgIpc) is 3.07. The maximum Gasteiger partial charge on any atom is 0.244 e. The molecule has 23 heavy (non-hydrogen) atoms. The zero-order valence-corrected chi connectivity index (χ0v) is 13.7. The van der Waals surface area contributed by atoms with Crippen LogP contribution in [0.1, 0.15) is 6.42 Å². The van der Waals surface area contributed by atoms with Crippen LogP contribution in [-0.2, 0) is 27.2 Å². The largest absolute Gasteiger partial charge is 0.244 e. The summed E-state index contributed by atoms with van der Waals surface area (Å²) in [6.45, 7) is 2.04. The maximum atomic E-state index is 2.35. The van der Waals surface area contributed by atoms with E-state index in [9.17, 15) is 0 Å². The van der Waals surface area contributed by atoms with Crippen molar-refractivity contribution in [1.82, 2.24) is 9.25 Å². The monoisotopic (exact) mass is 306 g/mol. The number of nitrogens with zero attached hydrogens (tertiary/aromatic N) is 4. The Bertz CT molecular complexity index is 978. The van der Waals surface area contributed by atoms with Gasteiger partial charge < -0.3 is 0 Å². The van der Waals surface area contributed by atoms with E-state index in [2.05, 4.69) is 93.6 Å². The van der Waals surface area contributed by atoms with Crippen molar-refractivity contribution in [2.45, 2.75) is 19.5 Å². The third kappa shape index (κ3) is 2.40. The number of benzene rings is 2. The summed E-state index contributed by atoms with van der Waals surface area (Å²) in [5.41, 5.74) is 3.87. The number of rotatable bonds is 4. The summed E-state index contributed by atoms with van der Waals surface area (Å²) in [6, 6.07) is 17.1. The van der Waals surface area contributed by atoms with Gasteiger partial charge in [0.15, 0.2) is 17.6 Å². The van der Waals surface area contributed by atoms with Gasteiger partial charge in [0.2, 0.25) is 12.5 Å². The van der Waals surface area contributed by atoms with Gasteiger partial charge in [-0.3, -0.25) is 0 Å². The van der Waals surface area contributed by atoms with E-state index in [1.165, 1.54) is 21.9 Å². The fourth-order valence-electron chi connectivity index (χ4n) is 3.41. The van der Waals surface area contributed by atoms with E-state index in [-0.39, 0.29) is 0 Å². The van der Waals surface area contributed by atoms with Crippen LogP contribution < -0.4 is 9.25 Å². The number of para-hydroxylation sites is 3. The lowest BCUT2D eigenvalue weighted by Crippen LogP contribution is -2.41. The van der Waals surface area contributed by atoms with Gasteiger partial charge in [-0.2, -0.15) is 4.68 Å². The second-order valence-corrected chi connectivity index (χ2v) is 6.14. The highest BCUT2D eigenvalue weighted by Crippen LogP contribution is 2.12. The molecule has 2 aromatic heterocycles. The number of aromatic nitrogens is 4. The van der Waals surface area contributed by atoms with E-state index < -0.39 is 0 Å². The van der Waals surface area contributed by atoms with Crippen LogP contribution in [0.4, 0.5) is 0 Å². The Balaban J connectivity index is 1.53. The molecule has 4 heteroatoms. The minimum absolute atomic E-state index is 1.02. The zero-order chi connectivity index (χ0) is 15.8. The Labute approximate surface area is 135 Å². The number of fused-ring (bicyclic) bond motifs is 2. The van der Waals surface area contributed by atoms with Crippen molar-refractivity contribution in [1.29, 1.82) is 0 Å². The lowest BCUT2D eigenvalue weighted by Gasteiger charge is -1.98. The molecule has 0 fully saturated rings. The molecule has 0 spiro atoms. The molecule has 0 amide bonds. The number of hydrogen-bond donors (Lipinski definition) is 0. The van der Waals surface area contributed by atoms with Crippen molar-refractivity contribution in [3.8, 4) is 0 Å². The fourth-order valence-corrected chi connectivity index (χ4v) is 3.41. The third-order valence-corrected chi connectivity index (χ3v) is 4.63. The molecule has 0 saturated heterocycles. The number of hydrogen-bond acceptors (Lipinski definition) is 0. The van der Waals surface area contributed by atoms with Gasteiger partial charge in [0.1, 0.15) is 5.52 Å². The smallest absolute Gasteiger partial charge is 0.233 e. The SMILES string of the molecule is Cn1c2ccccc2c[n+]1CCCn1c[n+](C)c2ccccc21. The molecule has 4 aromatic rings. The molecule has 2 heterocycles. The van der Waals surface area contributed by atoms with E-state index in [1.807, 2.05) is 0 Å². The predicted octanol–water partition coefficient (Wildman–Crippen LogP) is 2.34. The molecule has 2 aromatic carbocycles. The molecular weight excluding hydrogens is 284 g/mol. The highest BCUT2D eigenvalue weighted by molar-refractivity contribution is 5.77. The van der Waals surface area contributed by atoms with Gasteiger partial charge >= 0.3 is 0 Å². The second kappa shape index (κ2) is 5.54. The van der Waals surface area contributed by atoms with Crippen molar-refractivity contribution >= 4 is 21.9 Å². The average molecular weight is 306 g/mol. The normalized spacial score (nSPS) is 11.6. The van der Waals surface area contributed by atoms with Crippen molar-refractivity contribution in [2.24, 2.45) is 14.1 Å². The van der Waals surface area contributed by atoms with Crippen molar-refractivity contribution < 1.29 is 9.25 Å². The molecule has 0 aliphatic rings. The molecular formula is C19H22N4+2. The predicted molar refractivity (Wildman–Crippen MR) is 90.8 cm³/mol. The molecule has 0 bridgehead atoms. The lowest BCUT2D eigenvalue weighted by atomic mass is 10.3. The second-order valence-electron chi connectivity index (χ2n) is 6.14. The third-order valence-electron chi connectivity index (χ3n) is 4.63.